The first-order valence-electron chi connectivity index (χ1n) is 7.84. The predicted molar refractivity (Wildman–Crippen MR) is 80.7 cm³/mol. The van der Waals surface area contributed by atoms with Gasteiger partial charge in [0.1, 0.15) is 0 Å². The Hall–Kier alpha value is -1.73. The van der Waals surface area contributed by atoms with Gasteiger partial charge in [0.05, 0.1) is 12.2 Å². The average Bonchev–Trinajstić information content (AvgIpc) is 2.72. The molecule has 0 aromatic heterocycles. The molecule has 130 valence electrons. The number of unbranched alkanes of at least 4 members (excludes halogenated alkanes) is 2. The van der Waals surface area contributed by atoms with E-state index in [-0.39, 0.29) is 24.7 Å². The van der Waals surface area contributed by atoms with E-state index in [9.17, 15) is 24.6 Å². The Labute approximate surface area is 134 Å². The largest absolute Gasteiger partial charge is 0.481 e. The van der Waals surface area contributed by atoms with Crippen LogP contribution in [0.5, 0.6) is 0 Å². The SMILES string of the molecule is O=C(O)CCCCC[C@@H]1[C@@H](CC=CC(=O)C(=O)O)[C@@H](O)C[C@@H]1O. The molecule has 0 bridgehead atoms. The van der Waals surface area contributed by atoms with Gasteiger partial charge in [-0.2, -0.15) is 0 Å². The van der Waals surface area contributed by atoms with Gasteiger partial charge in [-0.3, -0.25) is 9.59 Å². The fraction of sp³-hybridized carbons (Fsp3) is 0.688. The molecule has 0 radical (unpaired) electrons. The third-order valence-electron chi connectivity index (χ3n) is 4.34. The van der Waals surface area contributed by atoms with Crippen molar-refractivity contribution in [2.75, 3.05) is 0 Å². The van der Waals surface area contributed by atoms with Gasteiger partial charge in [0, 0.05) is 6.42 Å². The Morgan fingerprint density at radius 2 is 1.61 bits per heavy atom. The molecule has 23 heavy (non-hydrogen) atoms. The van der Waals surface area contributed by atoms with E-state index in [2.05, 4.69) is 0 Å². The zero-order chi connectivity index (χ0) is 17.4. The topological polar surface area (TPSA) is 132 Å². The van der Waals surface area contributed by atoms with Crippen LogP contribution in [0.25, 0.3) is 0 Å². The zero-order valence-electron chi connectivity index (χ0n) is 12.9. The van der Waals surface area contributed by atoms with Gasteiger partial charge in [0.25, 0.3) is 5.78 Å². The third-order valence-corrected chi connectivity index (χ3v) is 4.34. The molecular weight excluding hydrogens is 304 g/mol. The molecule has 4 N–H and O–H groups in total. The van der Waals surface area contributed by atoms with Gasteiger partial charge in [-0.15, -0.1) is 0 Å². The van der Waals surface area contributed by atoms with E-state index in [4.69, 9.17) is 10.2 Å². The first-order valence-corrected chi connectivity index (χ1v) is 7.84. The summed E-state index contributed by atoms with van der Waals surface area (Å²) in [6.45, 7) is 0. The number of allylic oxidation sites excluding steroid dienone is 1. The molecule has 1 saturated carbocycles. The molecule has 0 aliphatic heterocycles. The van der Waals surface area contributed by atoms with Crippen molar-refractivity contribution in [1.29, 1.82) is 0 Å². The molecule has 0 aromatic rings. The smallest absolute Gasteiger partial charge is 0.376 e. The van der Waals surface area contributed by atoms with Crippen LogP contribution in [0, 0.1) is 11.8 Å². The van der Waals surface area contributed by atoms with E-state index >= 15 is 0 Å². The van der Waals surface area contributed by atoms with Crippen molar-refractivity contribution in [3.05, 3.63) is 12.2 Å². The van der Waals surface area contributed by atoms with Crippen LogP contribution in [0.4, 0.5) is 0 Å². The highest BCUT2D eigenvalue weighted by molar-refractivity contribution is 6.37. The lowest BCUT2D eigenvalue weighted by Crippen LogP contribution is -2.22. The summed E-state index contributed by atoms with van der Waals surface area (Å²) in [5, 5.41) is 37.1. The summed E-state index contributed by atoms with van der Waals surface area (Å²) in [5.74, 6) is -3.71. The highest BCUT2D eigenvalue weighted by Crippen LogP contribution is 2.38. The number of ketones is 1. The van der Waals surface area contributed by atoms with E-state index < -0.39 is 29.9 Å². The summed E-state index contributed by atoms with van der Waals surface area (Å²) in [5.41, 5.74) is 0. The standard InChI is InChI=1S/C16H24O7/c17-12(16(22)23)7-4-6-11-10(13(18)9-14(11)19)5-2-1-3-8-15(20)21/h4,7,10-11,13-14,18-19H,1-3,5-6,8-9H2,(H,20,21)(H,22,23)/t10-,11-,13+,14+/m1/s1. The monoisotopic (exact) mass is 328 g/mol. The van der Waals surface area contributed by atoms with Gasteiger partial charge < -0.3 is 20.4 Å². The molecule has 0 aromatic carbocycles. The van der Waals surface area contributed by atoms with Crippen molar-refractivity contribution in [2.24, 2.45) is 11.8 Å². The summed E-state index contributed by atoms with van der Waals surface area (Å²) in [6.07, 6.45) is 4.57. The maximum absolute atomic E-state index is 11.0. The minimum Gasteiger partial charge on any atom is -0.481 e. The Morgan fingerprint density at radius 3 is 2.22 bits per heavy atom. The molecule has 1 aliphatic rings. The zero-order valence-corrected chi connectivity index (χ0v) is 12.9. The molecule has 0 saturated heterocycles. The van der Waals surface area contributed by atoms with Crippen molar-refractivity contribution in [3.8, 4) is 0 Å². The molecular formula is C16H24O7. The van der Waals surface area contributed by atoms with E-state index in [0.29, 0.717) is 19.3 Å². The maximum Gasteiger partial charge on any atom is 0.376 e. The van der Waals surface area contributed by atoms with Gasteiger partial charge in [-0.05, 0) is 43.6 Å². The van der Waals surface area contributed by atoms with E-state index in [1.807, 2.05) is 0 Å². The summed E-state index contributed by atoms with van der Waals surface area (Å²) < 4.78 is 0. The minimum absolute atomic E-state index is 0.124. The van der Waals surface area contributed by atoms with E-state index in [0.717, 1.165) is 18.9 Å². The summed E-state index contributed by atoms with van der Waals surface area (Å²) in [4.78, 5) is 31.9. The number of carbonyl (C=O) groups is 3. The fourth-order valence-electron chi connectivity index (χ4n) is 3.14. The number of carbonyl (C=O) groups excluding carboxylic acids is 1. The molecule has 7 heteroatoms. The maximum atomic E-state index is 11.0. The van der Waals surface area contributed by atoms with Crippen LogP contribution in [0.1, 0.15) is 44.9 Å². The highest BCUT2D eigenvalue weighted by Gasteiger charge is 2.40. The first kappa shape index (κ1) is 19.3. The number of carboxylic acids is 2. The Kier molecular flexibility index (Phi) is 7.91. The van der Waals surface area contributed by atoms with Crippen LogP contribution in [-0.4, -0.2) is 50.4 Å². The third kappa shape index (κ3) is 6.50. The van der Waals surface area contributed by atoms with Crippen molar-refractivity contribution >= 4 is 17.7 Å². The van der Waals surface area contributed by atoms with Gasteiger partial charge in [0.2, 0.25) is 0 Å². The molecule has 0 amide bonds. The second kappa shape index (κ2) is 9.42. The number of carboxylic acid groups (broad SMARTS) is 2. The van der Waals surface area contributed by atoms with Gasteiger partial charge in [-0.25, -0.2) is 4.79 Å². The van der Waals surface area contributed by atoms with Crippen LogP contribution in [0.2, 0.25) is 0 Å². The number of aliphatic hydroxyl groups excluding tert-OH is 2. The van der Waals surface area contributed by atoms with Crippen molar-refractivity contribution in [1.82, 2.24) is 0 Å². The summed E-state index contributed by atoms with van der Waals surface area (Å²) >= 11 is 0. The van der Waals surface area contributed by atoms with E-state index in [1.54, 1.807) is 0 Å². The lowest BCUT2D eigenvalue weighted by Gasteiger charge is -2.22. The number of hydrogen-bond acceptors (Lipinski definition) is 5. The number of aliphatic hydroxyl groups is 2. The van der Waals surface area contributed by atoms with Crippen LogP contribution in [0.15, 0.2) is 12.2 Å². The van der Waals surface area contributed by atoms with Crippen molar-refractivity contribution in [3.63, 3.8) is 0 Å². The highest BCUT2D eigenvalue weighted by atomic mass is 16.4. The molecule has 1 rings (SSSR count). The number of aliphatic carboxylic acids is 2. The quantitative estimate of drug-likeness (QED) is 0.267. The molecule has 1 fully saturated rings. The first-order chi connectivity index (χ1) is 10.8. The normalized spacial score (nSPS) is 27.4. The molecule has 0 spiro atoms. The van der Waals surface area contributed by atoms with Crippen LogP contribution in [-0.2, 0) is 14.4 Å². The molecule has 1 aliphatic carbocycles. The fourth-order valence-corrected chi connectivity index (χ4v) is 3.14. The minimum atomic E-state index is -1.52. The van der Waals surface area contributed by atoms with Crippen LogP contribution < -0.4 is 0 Å². The lowest BCUT2D eigenvalue weighted by atomic mass is 9.86. The Morgan fingerprint density at radius 1 is 0.957 bits per heavy atom. The predicted octanol–water partition coefficient (Wildman–Crippen LogP) is 0.979. The van der Waals surface area contributed by atoms with Crippen molar-refractivity contribution in [2.45, 2.75) is 57.2 Å². The molecule has 0 heterocycles. The van der Waals surface area contributed by atoms with E-state index in [1.165, 1.54) is 6.08 Å². The summed E-state index contributed by atoms with van der Waals surface area (Å²) in [6, 6.07) is 0. The lowest BCUT2D eigenvalue weighted by molar-refractivity contribution is -0.146. The van der Waals surface area contributed by atoms with Crippen LogP contribution in [0.3, 0.4) is 0 Å². The Balaban J connectivity index is 2.46. The summed E-state index contributed by atoms with van der Waals surface area (Å²) in [7, 11) is 0. The second-order valence-electron chi connectivity index (χ2n) is 6.00. The molecule has 4 atom stereocenters. The van der Waals surface area contributed by atoms with Gasteiger partial charge in [0.15, 0.2) is 0 Å². The second-order valence-corrected chi connectivity index (χ2v) is 6.00. The average molecular weight is 328 g/mol. The van der Waals surface area contributed by atoms with Gasteiger partial charge in [-0.1, -0.05) is 18.9 Å². The van der Waals surface area contributed by atoms with Crippen molar-refractivity contribution < 1.29 is 34.8 Å². The van der Waals surface area contributed by atoms with Gasteiger partial charge >= 0.3 is 11.9 Å². The number of hydrogen-bond donors (Lipinski definition) is 4. The van der Waals surface area contributed by atoms with Crippen LogP contribution >= 0.6 is 0 Å². The number of rotatable bonds is 10. The Bertz CT molecular complexity index is 457. The molecule has 7 nitrogen and oxygen atoms in total. The molecule has 0 unspecified atom stereocenters.